The number of barbiturate groups is 1. The fourth-order valence-electron chi connectivity index (χ4n) is 3.93. The molecule has 1 aromatic rings. The number of benzene rings is 1. The molecule has 0 saturated carbocycles. The van der Waals surface area contributed by atoms with Crippen LogP contribution in [-0.4, -0.2) is 62.9 Å². The molecule has 2 N–H and O–H groups in total. The Morgan fingerprint density at radius 3 is 2.46 bits per heavy atom. The topological polar surface area (TPSA) is 122 Å². The molecule has 0 aliphatic carbocycles. The molecule has 192 valence electrons. The van der Waals surface area contributed by atoms with Gasteiger partial charge in [0.2, 0.25) is 5.91 Å². The molecule has 4 amide bonds. The number of aryl methyl sites for hydroxylation is 1. The molecule has 1 unspecified atom stereocenters. The summed E-state index contributed by atoms with van der Waals surface area (Å²) in [5.41, 5.74) is 0.279. The van der Waals surface area contributed by atoms with E-state index >= 15 is 4.39 Å². The van der Waals surface area contributed by atoms with E-state index in [1.807, 2.05) is 5.32 Å². The van der Waals surface area contributed by atoms with Gasteiger partial charge in [-0.1, -0.05) is 17.7 Å². The molecule has 0 bridgehead atoms. The number of ether oxygens (including phenoxy) is 1. The summed E-state index contributed by atoms with van der Waals surface area (Å²) in [7, 11) is -1.93. The Kier molecular flexibility index (Phi) is 8.17. The average molecular weight is 514 g/mol. The second kappa shape index (κ2) is 10.6. The van der Waals surface area contributed by atoms with E-state index in [-0.39, 0.29) is 18.8 Å². The van der Waals surface area contributed by atoms with E-state index in [1.165, 1.54) is 12.1 Å². The van der Waals surface area contributed by atoms with Gasteiger partial charge < -0.3 is 4.74 Å². The Bertz CT molecular complexity index is 1050. The minimum atomic E-state index is -2.62. The molecule has 0 radical (unpaired) electrons. The average Bonchev–Trinajstić information content (AvgIpc) is 2.78. The zero-order chi connectivity index (χ0) is 26.1. The molecule has 9 nitrogen and oxygen atoms in total. The smallest absolute Gasteiger partial charge is 0.331 e. The summed E-state index contributed by atoms with van der Waals surface area (Å²) in [6.07, 6.45) is -2.02. The summed E-state index contributed by atoms with van der Waals surface area (Å²) in [6.45, 7) is 6.98. The highest BCUT2D eigenvalue weighted by molar-refractivity contribution is 7.84. The van der Waals surface area contributed by atoms with E-state index in [0.29, 0.717) is 18.4 Å². The number of carbonyl (C=O) groups is 4. The largest absolute Gasteiger partial charge is 0.381 e. The van der Waals surface area contributed by atoms with Gasteiger partial charge in [0.25, 0.3) is 5.91 Å². The number of carbonyl (C=O) groups excluding carboxylic acids is 4. The van der Waals surface area contributed by atoms with Gasteiger partial charge in [-0.3, -0.25) is 24.6 Å². The summed E-state index contributed by atoms with van der Waals surface area (Å²) < 4.78 is 50.1. The van der Waals surface area contributed by atoms with Crippen LogP contribution in [0.15, 0.2) is 18.2 Å². The number of Topliss-reactive ketones (excluding diaryl/α,β-unsaturated/α-hetero) is 1. The molecule has 3 rings (SSSR count). The van der Waals surface area contributed by atoms with Gasteiger partial charge in [0, 0.05) is 24.8 Å². The summed E-state index contributed by atoms with van der Waals surface area (Å²) in [4.78, 5) is 52.0. The fourth-order valence-corrected chi connectivity index (χ4v) is 4.76. The Labute approximate surface area is 204 Å². The molecule has 0 spiro atoms. The maximum absolute atomic E-state index is 15.8. The van der Waals surface area contributed by atoms with Crippen molar-refractivity contribution in [1.82, 2.24) is 14.9 Å². The van der Waals surface area contributed by atoms with Crippen LogP contribution >= 0.6 is 0 Å². The van der Waals surface area contributed by atoms with Gasteiger partial charge in [0.05, 0.1) is 21.8 Å². The molecule has 2 fully saturated rings. The predicted octanol–water partition coefficient (Wildman–Crippen LogP) is 2.01. The molecule has 0 aromatic heterocycles. The number of nitrogens with one attached hydrogen (secondary N) is 2. The maximum Gasteiger partial charge on any atom is 0.331 e. The third-order valence-electron chi connectivity index (χ3n) is 5.88. The van der Waals surface area contributed by atoms with Crippen LogP contribution in [0.5, 0.6) is 0 Å². The lowest BCUT2D eigenvalue weighted by atomic mass is 9.89. The summed E-state index contributed by atoms with van der Waals surface area (Å²) in [5.74, 6) is -6.85. The fraction of sp³-hybridized carbons (Fsp3) is 0.565. The predicted molar refractivity (Wildman–Crippen MR) is 123 cm³/mol. The third kappa shape index (κ3) is 5.81. The van der Waals surface area contributed by atoms with Crippen LogP contribution in [0, 0.1) is 18.7 Å². The summed E-state index contributed by atoms with van der Waals surface area (Å²) >= 11 is 0. The number of amides is 4. The number of halogens is 2. The van der Waals surface area contributed by atoms with Gasteiger partial charge in [0.15, 0.2) is 17.9 Å². The van der Waals surface area contributed by atoms with Gasteiger partial charge in [-0.25, -0.2) is 22.5 Å². The number of rotatable bonds is 7. The van der Waals surface area contributed by atoms with Crippen molar-refractivity contribution in [3.8, 4) is 0 Å². The molecule has 2 aliphatic rings. The Morgan fingerprint density at radius 2 is 1.86 bits per heavy atom. The summed E-state index contributed by atoms with van der Waals surface area (Å²) in [5, 5.41) is 1.95. The zero-order valence-corrected chi connectivity index (χ0v) is 20.7. The molecule has 1 aromatic carbocycles. The van der Waals surface area contributed by atoms with Gasteiger partial charge in [-0.2, -0.15) is 0 Å². The standard InChI is InChI=1S/C23H29F2N3O6S/c1-12-5-6-15(24)14(11-12)18(27-35(33)23(2,3)4)17(25)19(29)16-20(30)26-22(32)28(21(16)31)13-7-9-34-10-8-13/h5-6,11,13,16-18,27H,7-10H2,1-4H3,(H,26,30,32)/t16?,17-,18+,35-/m0/s1. The lowest BCUT2D eigenvalue weighted by Crippen LogP contribution is -2.64. The number of hydrogen-bond acceptors (Lipinski definition) is 6. The second-order valence-corrected chi connectivity index (χ2v) is 11.6. The zero-order valence-electron chi connectivity index (χ0n) is 19.9. The van der Waals surface area contributed by atoms with Crippen molar-refractivity contribution in [2.75, 3.05) is 13.2 Å². The summed E-state index contributed by atoms with van der Waals surface area (Å²) in [6, 6.07) is 0.473. The Morgan fingerprint density at radius 1 is 1.23 bits per heavy atom. The number of ketones is 1. The van der Waals surface area contributed by atoms with Crippen molar-refractivity contribution < 1.29 is 36.9 Å². The highest BCUT2D eigenvalue weighted by atomic mass is 32.2. The van der Waals surface area contributed by atoms with Crippen molar-refractivity contribution in [1.29, 1.82) is 0 Å². The molecule has 2 aliphatic heterocycles. The van der Waals surface area contributed by atoms with E-state index < -0.39 is 69.4 Å². The van der Waals surface area contributed by atoms with E-state index in [0.717, 1.165) is 11.0 Å². The SMILES string of the molecule is Cc1ccc(F)c([C@@H](N[S@@](=O)C(C)(C)C)[C@H](F)C(=O)C2C(=O)NC(=O)N(C3CCOCC3)C2=O)c1. The Balaban J connectivity index is 1.96. The first-order chi connectivity index (χ1) is 16.3. The van der Waals surface area contributed by atoms with Gasteiger partial charge in [-0.15, -0.1) is 0 Å². The van der Waals surface area contributed by atoms with Crippen LogP contribution in [0.4, 0.5) is 13.6 Å². The van der Waals surface area contributed by atoms with Crippen LogP contribution in [-0.2, 0) is 30.1 Å². The minimum Gasteiger partial charge on any atom is -0.381 e. The van der Waals surface area contributed by atoms with E-state index in [2.05, 4.69) is 4.72 Å². The van der Waals surface area contributed by atoms with Gasteiger partial charge in [0.1, 0.15) is 5.82 Å². The highest BCUT2D eigenvalue weighted by Gasteiger charge is 2.51. The molecule has 12 heteroatoms. The number of imide groups is 2. The lowest BCUT2D eigenvalue weighted by molar-refractivity contribution is -0.151. The minimum absolute atomic E-state index is 0.274. The van der Waals surface area contributed by atoms with Crippen molar-refractivity contribution in [3.05, 3.63) is 35.1 Å². The third-order valence-corrected chi connectivity index (χ3v) is 7.46. The maximum atomic E-state index is 15.8. The molecular weight excluding hydrogens is 484 g/mol. The number of hydrogen-bond donors (Lipinski definition) is 2. The highest BCUT2D eigenvalue weighted by Crippen LogP contribution is 2.30. The van der Waals surface area contributed by atoms with Crippen LogP contribution < -0.4 is 10.0 Å². The van der Waals surface area contributed by atoms with Crippen molar-refractivity contribution in [2.24, 2.45) is 5.92 Å². The first-order valence-corrected chi connectivity index (χ1v) is 12.4. The molecule has 2 heterocycles. The first kappa shape index (κ1) is 27.0. The molecular formula is C23H29F2N3O6S. The molecule has 2 saturated heterocycles. The van der Waals surface area contributed by atoms with Crippen LogP contribution in [0.3, 0.4) is 0 Å². The molecule has 35 heavy (non-hydrogen) atoms. The molecule has 4 atom stereocenters. The van der Waals surface area contributed by atoms with Crippen molar-refractivity contribution in [2.45, 2.75) is 63.5 Å². The van der Waals surface area contributed by atoms with E-state index in [9.17, 15) is 27.8 Å². The van der Waals surface area contributed by atoms with E-state index in [4.69, 9.17) is 4.74 Å². The van der Waals surface area contributed by atoms with Crippen molar-refractivity contribution in [3.63, 3.8) is 0 Å². The second-order valence-electron chi connectivity index (χ2n) is 9.58. The van der Waals surface area contributed by atoms with Crippen LogP contribution in [0.1, 0.15) is 50.8 Å². The van der Waals surface area contributed by atoms with Crippen LogP contribution in [0.25, 0.3) is 0 Å². The number of alkyl halides is 1. The van der Waals surface area contributed by atoms with E-state index in [1.54, 1.807) is 27.7 Å². The van der Waals surface area contributed by atoms with Gasteiger partial charge >= 0.3 is 6.03 Å². The lowest BCUT2D eigenvalue weighted by Gasteiger charge is -2.37. The van der Waals surface area contributed by atoms with Crippen molar-refractivity contribution >= 4 is 34.6 Å². The first-order valence-electron chi connectivity index (χ1n) is 11.2. The van der Waals surface area contributed by atoms with Gasteiger partial charge in [-0.05, 0) is 46.6 Å². The monoisotopic (exact) mass is 513 g/mol. The number of nitrogens with zero attached hydrogens (tertiary/aromatic N) is 1. The normalized spacial score (nSPS) is 22.5. The van der Waals surface area contributed by atoms with Crippen LogP contribution in [0.2, 0.25) is 0 Å². The Hall–Kier alpha value is -2.57. The number of urea groups is 1. The quantitative estimate of drug-likeness (QED) is 0.538.